The van der Waals surface area contributed by atoms with Crippen molar-refractivity contribution in [1.82, 2.24) is 0 Å². The number of nitrogen functional groups attached to an aromatic ring is 1. The maximum atomic E-state index is 12.6. The van der Waals surface area contributed by atoms with Gasteiger partial charge in [0.25, 0.3) is 0 Å². The van der Waals surface area contributed by atoms with Crippen LogP contribution < -0.4 is 15.2 Å². The SMILES string of the molecule is CCCc1ccc(OC(C)C)c(C=CC(=O)c2ccc(N)cc2)c1OC(C)C. The molecular weight excluding hydrogens is 350 g/mol. The number of ketones is 1. The zero-order chi connectivity index (χ0) is 20.7. The first-order valence-corrected chi connectivity index (χ1v) is 9.89. The van der Waals surface area contributed by atoms with Crippen LogP contribution in [-0.4, -0.2) is 18.0 Å². The fraction of sp³-hybridized carbons (Fsp3) is 0.375. The highest BCUT2D eigenvalue weighted by Gasteiger charge is 2.16. The Bertz CT molecular complexity index is 820. The normalized spacial score (nSPS) is 11.4. The van der Waals surface area contributed by atoms with E-state index in [1.54, 1.807) is 36.4 Å². The molecule has 0 fully saturated rings. The number of hydrogen-bond donors (Lipinski definition) is 1. The molecule has 2 aromatic carbocycles. The van der Waals surface area contributed by atoms with E-state index in [9.17, 15) is 4.79 Å². The molecule has 0 spiro atoms. The largest absolute Gasteiger partial charge is 0.490 e. The van der Waals surface area contributed by atoms with Crippen LogP contribution in [0.15, 0.2) is 42.5 Å². The zero-order valence-corrected chi connectivity index (χ0v) is 17.5. The first-order valence-electron chi connectivity index (χ1n) is 9.89. The van der Waals surface area contributed by atoms with Crippen LogP contribution in [-0.2, 0) is 6.42 Å². The van der Waals surface area contributed by atoms with Crippen molar-refractivity contribution >= 4 is 17.5 Å². The second-order valence-electron chi connectivity index (χ2n) is 7.37. The summed E-state index contributed by atoms with van der Waals surface area (Å²) in [6.07, 6.45) is 5.31. The fourth-order valence-corrected chi connectivity index (χ4v) is 2.88. The third kappa shape index (κ3) is 5.88. The summed E-state index contributed by atoms with van der Waals surface area (Å²) in [7, 11) is 0. The highest BCUT2D eigenvalue weighted by Crippen LogP contribution is 2.36. The Morgan fingerprint density at radius 3 is 2.21 bits per heavy atom. The van der Waals surface area contributed by atoms with Crippen molar-refractivity contribution in [3.63, 3.8) is 0 Å². The Hall–Kier alpha value is -2.75. The standard InChI is InChI=1S/C24H31NO3/c1-6-7-19-10-15-23(27-16(2)3)21(24(19)28-17(4)5)13-14-22(26)18-8-11-20(25)12-9-18/h8-17H,6-7,25H2,1-5H3. The number of nitrogens with two attached hydrogens (primary N) is 1. The molecule has 0 aliphatic heterocycles. The molecule has 0 radical (unpaired) electrons. The molecular formula is C24H31NO3. The van der Waals surface area contributed by atoms with Crippen LogP contribution in [0, 0.1) is 0 Å². The Labute approximate surface area is 168 Å². The van der Waals surface area contributed by atoms with Crippen molar-refractivity contribution in [3.8, 4) is 11.5 Å². The number of allylic oxidation sites excluding steroid dienone is 1. The van der Waals surface area contributed by atoms with Gasteiger partial charge in [-0.15, -0.1) is 0 Å². The molecule has 2 aromatic rings. The van der Waals surface area contributed by atoms with Gasteiger partial charge in [0.1, 0.15) is 11.5 Å². The van der Waals surface area contributed by atoms with Crippen LogP contribution in [0.1, 0.15) is 62.5 Å². The molecule has 0 atom stereocenters. The number of aryl methyl sites for hydroxylation is 1. The van der Waals surface area contributed by atoms with Gasteiger partial charge in [-0.05, 0) is 82.2 Å². The average Bonchev–Trinajstić information content (AvgIpc) is 2.63. The van der Waals surface area contributed by atoms with Crippen LogP contribution in [0.2, 0.25) is 0 Å². The predicted octanol–water partition coefficient (Wildman–Crippen LogP) is 5.69. The number of anilines is 1. The minimum absolute atomic E-state index is 0.0175. The lowest BCUT2D eigenvalue weighted by molar-refractivity contribution is 0.104. The molecule has 0 aliphatic rings. The van der Waals surface area contributed by atoms with E-state index in [0.29, 0.717) is 17.0 Å². The molecule has 0 unspecified atom stereocenters. The number of carbonyl (C=O) groups is 1. The Morgan fingerprint density at radius 1 is 1.00 bits per heavy atom. The Morgan fingerprint density at radius 2 is 1.64 bits per heavy atom. The van der Waals surface area contributed by atoms with E-state index >= 15 is 0 Å². The molecule has 0 saturated carbocycles. The van der Waals surface area contributed by atoms with E-state index in [-0.39, 0.29) is 18.0 Å². The molecule has 0 amide bonds. The van der Waals surface area contributed by atoms with Gasteiger partial charge < -0.3 is 15.2 Å². The minimum atomic E-state index is -0.0908. The minimum Gasteiger partial charge on any atom is -0.490 e. The summed E-state index contributed by atoms with van der Waals surface area (Å²) in [6.45, 7) is 10.1. The van der Waals surface area contributed by atoms with E-state index in [1.807, 2.05) is 33.8 Å². The van der Waals surface area contributed by atoms with Gasteiger partial charge in [-0.2, -0.15) is 0 Å². The number of rotatable bonds is 9. The number of carbonyl (C=O) groups excluding carboxylic acids is 1. The van der Waals surface area contributed by atoms with E-state index in [0.717, 1.165) is 29.7 Å². The summed E-state index contributed by atoms with van der Waals surface area (Å²) in [5, 5.41) is 0. The van der Waals surface area contributed by atoms with Crippen LogP contribution in [0.5, 0.6) is 11.5 Å². The van der Waals surface area contributed by atoms with Crippen molar-refractivity contribution in [2.24, 2.45) is 0 Å². The summed E-state index contributed by atoms with van der Waals surface area (Å²) in [5.74, 6) is 1.41. The molecule has 0 aromatic heterocycles. The molecule has 0 aliphatic carbocycles. The van der Waals surface area contributed by atoms with Crippen LogP contribution >= 0.6 is 0 Å². The first-order chi connectivity index (χ1) is 13.3. The molecule has 4 heteroatoms. The summed E-state index contributed by atoms with van der Waals surface area (Å²) >= 11 is 0. The summed E-state index contributed by atoms with van der Waals surface area (Å²) in [6, 6.07) is 10.9. The second kappa shape index (κ2) is 9.98. The van der Waals surface area contributed by atoms with Crippen LogP contribution in [0.25, 0.3) is 6.08 Å². The van der Waals surface area contributed by atoms with Gasteiger partial charge >= 0.3 is 0 Å². The average molecular weight is 382 g/mol. The lowest BCUT2D eigenvalue weighted by Crippen LogP contribution is -2.12. The molecule has 150 valence electrons. The van der Waals surface area contributed by atoms with Gasteiger partial charge in [-0.3, -0.25) is 4.79 Å². The smallest absolute Gasteiger partial charge is 0.185 e. The van der Waals surface area contributed by atoms with E-state index in [4.69, 9.17) is 15.2 Å². The maximum Gasteiger partial charge on any atom is 0.185 e. The van der Waals surface area contributed by atoms with Crippen LogP contribution in [0.4, 0.5) is 5.69 Å². The van der Waals surface area contributed by atoms with E-state index in [2.05, 4.69) is 13.0 Å². The third-order valence-corrected chi connectivity index (χ3v) is 4.07. The highest BCUT2D eigenvalue weighted by atomic mass is 16.5. The zero-order valence-electron chi connectivity index (χ0n) is 17.5. The van der Waals surface area contributed by atoms with Crippen molar-refractivity contribution in [1.29, 1.82) is 0 Å². The molecule has 0 saturated heterocycles. The second-order valence-corrected chi connectivity index (χ2v) is 7.37. The maximum absolute atomic E-state index is 12.6. The van der Waals surface area contributed by atoms with Gasteiger partial charge in [-0.1, -0.05) is 19.4 Å². The molecule has 2 N–H and O–H groups in total. The van der Waals surface area contributed by atoms with E-state index in [1.165, 1.54) is 0 Å². The quantitative estimate of drug-likeness (QED) is 0.344. The van der Waals surface area contributed by atoms with Crippen LogP contribution in [0.3, 0.4) is 0 Å². The number of hydrogen-bond acceptors (Lipinski definition) is 4. The first kappa shape index (κ1) is 21.5. The number of ether oxygens (including phenoxy) is 2. The van der Waals surface area contributed by atoms with Crippen molar-refractivity contribution in [3.05, 3.63) is 59.2 Å². The topological polar surface area (TPSA) is 61.5 Å². The predicted molar refractivity (Wildman–Crippen MR) is 116 cm³/mol. The monoisotopic (exact) mass is 381 g/mol. The van der Waals surface area contributed by atoms with E-state index < -0.39 is 0 Å². The molecule has 0 heterocycles. The van der Waals surface area contributed by atoms with Gasteiger partial charge in [0.05, 0.1) is 17.8 Å². The highest BCUT2D eigenvalue weighted by molar-refractivity contribution is 6.07. The summed E-state index contributed by atoms with van der Waals surface area (Å²) in [5.41, 5.74) is 8.85. The van der Waals surface area contributed by atoms with Crippen molar-refractivity contribution in [2.75, 3.05) is 5.73 Å². The molecule has 28 heavy (non-hydrogen) atoms. The van der Waals surface area contributed by atoms with Crippen molar-refractivity contribution < 1.29 is 14.3 Å². The van der Waals surface area contributed by atoms with Gasteiger partial charge in [0.2, 0.25) is 0 Å². The Balaban J connectivity index is 2.48. The van der Waals surface area contributed by atoms with Gasteiger partial charge in [-0.25, -0.2) is 0 Å². The van der Waals surface area contributed by atoms with Gasteiger partial charge in [0, 0.05) is 11.3 Å². The lowest BCUT2D eigenvalue weighted by Gasteiger charge is -2.21. The molecule has 4 nitrogen and oxygen atoms in total. The number of benzene rings is 2. The van der Waals surface area contributed by atoms with Crippen molar-refractivity contribution in [2.45, 2.75) is 59.7 Å². The molecule has 2 rings (SSSR count). The summed E-state index contributed by atoms with van der Waals surface area (Å²) < 4.78 is 12.1. The third-order valence-electron chi connectivity index (χ3n) is 4.07. The fourth-order valence-electron chi connectivity index (χ4n) is 2.88. The van der Waals surface area contributed by atoms with Gasteiger partial charge in [0.15, 0.2) is 5.78 Å². The summed E-state index contributed by atoms with van der Waals surface area (Å²) in [4.78, 5) is 12.6. The molecule has 0 bridgehead atoms. The Kier molecular flexibility index (Phi) is 7.68. The lowest BCUT2D eigenvalue weighted by atomic mass is 10.0.